The minimum Gasteiger partial charge on any atom is -0.466 e. The maximum Gasteiger partial charge on any atom is 0.307 e. The quantitative estimate of drug-likeness (QED) is 0.597. The number of rotatable bonds is 6. The van der Waals surface area contributed by atoms with Gasteiger partial charge in [0.25, 0.3) is 0 Å². The molecule has 0 bridgehead atoms. The van der Waals surface area contributed by atoms with Crippen molar-refractivity contribution in [2.24, 2.45) is 5.41 Å². The number of ether oxygens (including phenoxy) is 1. The van der Waals surface area contributed by atoms with E-state index >= 15 is 0 Å². The van der Waals surface area contributed by atoms with Crippen LogP contribution in [0.25, 0.3) is 0 Å². The van der Waals surface area contributed by atoms with Crippen LogP contribution < -0.4 is 0 Å². The number of piperidine rings is 1. The van der Waals surface area contributed by atoms with Crippen molar-refractivity contribution >= 4 is 11.9 Å². The van der Waals surface area contributed by atoms with Gasteiger partial charge in [-0.25, -0.2) is 0 Å². The molecule has 0 spiro atoms. The van der Waals surface area contributed by atoms with Gasteiger partial charge in [0.05, 0.1) is 18.4 Å². The van der Waals surface area contributed by atoms with E-state index in [1.807, 2.05) is 54.3 Å². The molecule has 4 nitrogen and oxygen atoms in total. The van der Waals surface area contributed by atoms with Crippen molar-refractivity contribution in [3.8, 4) is 0 Å². The normalized spacial score (nSPS) is 21.7. The van der Waals surface area contributed by atoms with Gasteiger partial charge in [-0.3, -0.25) is 9.59 Å². The Labute approximate surface area is 138 Å². The van der Waals surface area contributed by atoms with E-state index < -0.39 is 5.41 Å². The first-order chi connectivity index (χ1) is 11.1. The first-order valence-corrected chi connectivity index (χ1v) is 8.24. The molecule has 23 heavy (non-hydrogen) atoms. The van der Waals surface area contributed by atoms with Crippen LogP contribution in [-0.4, -0.2) is 29.9 Å². The van der Waals surface area contributed by atoms with E-state index in [1.54, 1.807) is 6.92 Å². The molecule has 1 fully saturated rings. The molecule has 0 saturated carbocycles. The third-order valence-electron chi connectivity index (χ3n) is 4.23. The van der Waals surface area contributed by atoms with Crippen molar-refractivity contribution in [3.63, 3.8) is 0 Å². The molecule has 1 saturated heterocycles. The van der Waals surface area contributed by atoms with Gasteiger partial charge in [0.2, 0.25) is 5.91 Å². The van der Waals surface area contributed by atoms with Gasteiger partial charge >= 0.3 is 5.97 Å². The van der Waals surface area contributed by atoms with Crippen LogP contribution in [0.2, 0.25) is 0 Å². The lowest BCUT2D eigenvalue weighted by molar-refractivity contribution is -0.154. The van der Waals surface area contributed by atoms with Gasteiger partial charge in [-0.05, 0) is 32.3 Å². The summed E-state index contributed by atoms with van der Waals surface area (Å²) in [6.07, 6.45) is 5.45. The summed E-state index contributed by atoms with van der Waals surface area (Å²) < 4.78 is 5.07. The lowest BCUT2D eigenvalue weighted by Gasteiger charge is -2.39. The molecule has 124 valence electrons. The first-order valence-electron chi connectivity index (χ1n) is 8.24. The Morgan fingerprint density at radius 2 is 2.09 bits per heavy atom. The number of hydrogen-bond acceptors (Lipinski definition) is 3. The topological polar surface area (TPSA) is 46.6 Å². The van der Waals surface area contributed by atoms with Crippen LogP contribution in [0.1, 0.15) is 38.7 Å². The number of amides is 1. The van der Waals surface area contributed by atoms with Crippen molar-refractivity contribution in [3.05, 3.63) is 48.0 Å². The molecular formula is C19H25NO3. The summed E-state index contributed by atoms with van der Waals surface area (Å²) >= 11 is 0. The Kier molecular flexibility index (Phi) is 5.97. The van der Waals surface area contributed by atoms with Gasteiger partial charge in [-0.1, -0.05) is 42.5 Å². The molecule has 1 atom stereocenters. The second-order valence-corrected chi connectivity index (χ2v) is 5.95. The number of carbonyl (C=O) groups is 2. The van der Waals surface area contributed by atoms with Crippen LogP contribution in [0.5, 0.6) is 0 Å². The van der Waals surface area contributed by atoms with E-state index in [0.29, 0.717) is 19.6 Å². The molecule has 0 aliphatic carbocycles. The molecule has 0 N–H and O–H groups in total. The Morgan fingerprint density at radius 1 is 1.35 bits per heavy atom. The minimum atomic E-state index is -0.756. The van der Waals surface area contributed by atoms with Gasteiger partial charge in [0.1, 0.15) is 0 Å². The molecule has 4 heteroatoms. The fourth-order valence-electron chi connectivity index (χ4n) is 3.23. The van der Waals surface area contributed by atoms with Crippen molar-refractivity contribution in [2.45, 2.75) is 39.7 Å². The molecule has 1 amide bonds. The maximum absolute atomic E-state index is 13.0. The second kappa shape index (κ2) is 7.95. The molecule has 2 rings (SSSR count). The van der Waals surface area contributed by atoms with E-state index in [2.05, 4.69) is 0 Å². The molecule has 0 radical (unpaired) electrons. The van der Waals surface area contributed by atoms with E-state index in [9.17, 15) is 9.59 Å². The summed E-state index contributed by atoms with van der Waals surface area (Å²) in [6, 6.07) is 9.95. The summed E-state index contributed by atoms with van der Waals surface area (Å²) in [6.45, 7) is 5.32. The first kappa shape index (κ1) is 17.3. The number of hydrogen-bond donors (Lipinski definition) is 0. The predicted molar refractivity (Wildman–Crippen MR) is 89.6 cm³/mol. The number of benzene rings is 1. The molecule has 1 aliphatic rings. The third kappa shape index (κ3) is 4.21. The highest BCUT2D eigenvalue weighted by atomic mass is 16.5. The SMILES string of the molecule is C/C=C/[C@@]1(CC(=O)OCC)CCCN(Cc2ccccc2)C1=O. The lowest BCUT2D eigenvalue weighted by atomic mass is 9.75. The lowest BCUT2D eigenvalue weighted by Crippen LogP contribution is -2.48. The zero-order valence-corrected chi connectivity index (χ0v) is 14.0. The van der Waals surface area contributed by atoms with Gasteiger partial charge < -0.3 is 9.64 Å². The van der Waals surface area contributed by atoms with Crippen LogP contribution in [0.3, 0.4) is 0 Å². The largest absolute Gasteiger partial charge is 0.466 e. The average Bonchev–Trinajstić information content (AvgIpc) is 2.53. The van der Waals surface area contributed by atoms with Crippen LogP contribution in [0, 0.1) is 5.41 Å². The van der Waals surface area contributed by atoms with Crippen LogP contribution in [-0.2, 0) is 20.9 Å². The van der Waals surface area contributed by atoms with Crippen molar-refractivity contribution in [1.82, 2.24) is 4.90 Å². The fraction of sp³-hybridized carbons (Fsp3) is 0.474. The highest BCUT2D eigenvalue weighted by Gasteiger charge is 2.43. The van der Waals surface area contributed by atoms with Gasteiger partial charge in [-0.2, -0.15) is 0 Å². The molecule has 1 heterocycles. The predicted octanol–water partition coefficient (Wildman–Crippen LogP) is 3.32. The Hall–Kier alpha value is -2.10. The Balaban J connectivity index is 2.18. The molecule has 0 unspecified atom stereocenters. The zero-order valence-electron chi connectivity index (χ0n) is 14.0. The molecule has 1 aromatic rings. The van der Waals surface area contributed by atoms with Crippen LogP contribution in [0.15, 0.2) is 42.5 Å². The number of esters is 1. The standard InChI is InChI=1S/C19H25NO3/c1-3-11-19(14-17(21)23-4-2)12-8-13-20(18(19)22)15-16-9-6-5-7-10-16/h3,5-7,9-11H,4,8,12-15H2,1-2H3/b11-3+/t19-/m0/s1. The fourth-order valence-corrected chi connectivity index (χ4v) is 3.23. The molecule has 1 aliphatic heterocycles. The summed E-state index contributed by atoms with van der Waals surface area (Å²) in [4.78, 5) is 26.9. The number of nitrogens with zero attached hydrogens (tertiary/aromatic N) is 1. The van der Waals surface area contributed by atoms with Crippen LogP contribution >= 0.6 is 0 Å². The van der Waals surface area contributed by atoms with Gasteiger partial charge in [0, 0.05) is 13.1 Å². The minimum absolute atomic E-state index is 0.0266. The van der Waals surface area contributed by atoms with Crippen molar-refractivity contribution in [2.75, 3.05) is 13.2 Å². The number of likely N-dealkylation sites (tertiary alicyclic amines) is 1. The Bertz CT molecular complexity index is 567. The maximum atomic E-state index is 13.0. The number of carbonyl (C=O) groups excluding carboxylic acids is 2. The second-order valence-electron chi connectivity index (χ2n) is 5.95. The Morgan fingerprint density at radius 3 is 2.74 bits per heavy atom. The third-order valence-corrected chi connectivity index (χ3v) is 4.23. The van der Waals surface area contributed by atoms with E-state index in [0.717, 1.165) is 18.5 Å². The summed E-state index contributed by atoms with van der Waals surface area (Å²) in [7, 11) is 0. The summed E-state index contributed by atoms with van der Waals surface area (Å²) in [5.41, 5.74) is 0.349. The highest BCUT2D eigenvalue weighted by molar-refractivity contribution is 5.89. The summed E-state index contributed by atoms with van der Waals surface area (Å²) in [5.74, 6) is -0.278. The highest BCUT2D eigenvalue weighted by Crippen LogP contribution is 2.37. The number of allylic oxidation sites excluding steroid dienone is 1. The van der Waals surface area contributed by atoms with E-state index in [-0.39, 0.29) is 18.3 Å². The van der Waals surface area contributed by atoms with Crippen molar-refractivity contribution in [1.29, 1.82) is 0 Å². The average molecular weight is 315 g/mol. The smallest absolute Gasteiger partial charge is 0.307 e. The molecular weight excluding hydrogens is 290 g/mol. The van der Waals surface area contributed by atoms with E-state index in [4.69, 9.17) is 4.74 Å². The van der Waals surface area contributed by atoms with Crippen molar-refractivity contribution < 1.29 is 14.3 Å². The van der Waals surface area contributed by atoms with Gasteiger partial charge in [-0.15, -0.1) is 0 Å². The monoisotopic (exact) mass is 315 g/mol. The zero-order chi connectivity index (χ0) is 16.7. The van der Waals surface area contributed by atoms with Crippen LogP contribution in [0.4, 0.5) is 0 Å². The molecule has 1 aromatic carbocycles. The summed E-state index contributed by atoms with van der Waals surface area (Å²) in [5, 5.41) is 0. The molecule has 0 aromatic heterocycles. The van der Waals surface area contributed by atoms with Gasteiger partial charge in [0.15, 0.2) is 0 Å². The van der Waals surface area contributed by atoms with E-state index in [1.165, 1.54) is 0 Å².